The van der Waals surface area contributed by atoms with Gasteiger partial charge in [-0.1, -0.05) is 0 Å². The number of sulfonamides is 1. The molecule has 1 aliphatic rings. The second kappa shape index (κ2) is 5.92. The number of alkyl halides is 3. The maximum absolute atomic E-state index is 12.8. The van der Waals surface area contributed by atoms with Gasteiger partial charge in [0.05, 0.1) is 10.8 Å². The van der Waals surface area contributed by atoms with Crippen LogP contribution in [0.1, 0.15) is 25.7 Å². The summed E-state index contributed by atoms with van der Waals surface area (Å²) >= 11 is 0. The number of nitrogens with one attached hydrogen (secondary N) is 1. The van der Waals surface area contributed by atoms with Crippen LogP contribution in [0.5, 0.6) is 0 Å². The first-order chi connectivity index (χ1) is 9.68. The van der Waals surface area contributed by atoms with Crippen LogP contribution in [0.15, 0.2) is 29.2 Å². The first-order valence-electron chi connectivity index (χ1n) is 6.53. The first-order valence-corrected chi connectivity index (χ1v) is 8.01. The van der Waals surface area contributed by atoms with Gasteiger partial charge >= 0.3 is 6.18 Å². The van der Waals surface area contributed by atoms with Crippen LogP contribution in [0.3, 0.4) is 0 Å². The summed E-state index contributed by atoms with van der Waals surface area (Å²) in [6, 6.07) is 3.78. The second-order valence-corrected chi connectivity index (χ2v) is 6.88. The zero-order valence-corrected chi connectivity index (χ0v) is 11.8. The average Bonchev–Trinajstić information content (AvgIpc) is 2.38. The highest BCUT2D eigenvalue weighted by Gasteiger charge is 2.41. The molecular formula is C13H15F4NO2S. The van der Waals surface area contributed by atoms with Crippen LogP contribution < -0.4 is 4.72 Å². The van der Waals surface area contributed by atoms with E-state index in [1.54, 1.807) is 0 Å². The monoisotopic (exact) mass is 325 g/mol. The van der Waals surface area contributed by atoms with Gasteiger partial charge in [-0.05, 0) is 49.9 Å². The van der Waals surface area contributed by atoms with Crippen LogP contribution in [0.4, 0.5) is 17.6 Å². The van der Waals surface area contributed by atoms with Gasteiger partial charge in [0.25, 0.3) is 0 Å². The van der Waals surface area contributed by atoms with Crippen LogP contribution in [0, 0.1) is 11.7 Å². The van der Waals surface area contributed by atoms with Crippen molar-refractivity contribution in [1.82, 2.24) is 4.72 Å². The lowest BCUT2D eigenvalue weighted by Gasteiger charge is -2.30. The highest BCUT2D eigenvalue weighted by atomic mass is 32.2. The molecular weight excluding hydrogens is 310 g/mol. The van der Waals surface area contributed by atoms with Crippen LogP contribution in [0.25, 0.3) is 0 Å². The Hall–Kier alpha value is -1.15. The summed E-state index contributed by atoms with van der Waals surface area (Å²) in [5.41, 5.74) is 0. The molecule has 0 saturated heterocycles. The van der Waals surface area contributed by atoms with E-state index in [0.717, 1.165) is 24.3 Å². The minimum atomic E-state index is -4.22. The lowest BCUT2D eigenvalue weighted by atomic mass is 9.86. The fourth-order valence-corrected chi connectivity index (χ4v) is 3.74. The Bertz CT molecular complexity index is 575. The van der Waals surface area contributed by atoms with E-state index in [-0.39, 0.29) is 30.6 Å². The van der Waals surface area contributed by atoms with Crippen molar-refractivity contribution in [3.63, 3.8) is 0 Å². The molecule has 0 heterocycles. The van der Waals surface area contributed by atoms with Crippen molar-refractivity contribution in [2.45, 2.75) is 42.8 Å². The fourth-order valence-electron chi connectivity index (χ4n) is 2.44. The number of benzene rings is 1. The topological polar surface area (TPSA) is 46.2 Å². The molecule has 1 fully saturated rings. The molecule has 0 aromatic heterocycles. The summed E-state index contributed by atoms with van der Waals surface area (Å²) in [6.45, 7) is 0. The van der Waals surface area contributed by atoms with Gasteiger partial charge in [0.1, 0.15) is 5.82 Å². The van der Waals surface area contributed by atoms with Crippen molar-refractivity contribution >= 4 is 10.0 Å². The molecule has 0 atom stereocenters. The Morgan fingerprint density at radius 1 is 1.00 bits per heavy atom. The molecule has 1 aromatic carbocycles. The van der Waals surface area contributed by atoms with Crippen LogP contribution in [0.2, 0.25) is 0 Å². The normalized spacial score (nSPS) is 24.0. The Balaban J connectivity index is 1.98. The maximum atomic E-state index is 12.8. The Morgan fingerprint density at radius 3 is 2.00 bits per heavy atom. The smallest absolute Gasteiger partial charge is 0.208 e. The summed E-state index contributed by atoms with van der Waals surface area (Å²) in [6.07, 6.45) is -4.10. The fraction of sp³-hybridized carbons (Fsp3) is 0.538. The number of rotatable bonds is 3. The van der Waals surface area contributed by atoms with E-state index in [1.807, 2.05) is 0 Å². The minimum absolute atomic E-state index is 0.0832. The SMILES string of the molecule is O=S(=O)(NC1CCC(C(F)(F)F)CC1)c1ccc(F)cc1. The molecule has 1 saturated carbocycles. The predicted octanol–water partition coefficient (Wildman–Crippen LogP) is 3.23. The predicted molar refractivity (Wildman–Crippen MR) is 68.5 cm³/mol. The molecule has 0 unspecified atom stereocenters. The van der Waals surface area contributed by atoms with Gasteiger partial charge in [0.2, 0.25) is 10.0 Å². The van der Waals surface area contributed by atoms with E-state index in [0.29, 0.717) is 0 Å². The molecule has 1 aliphatic carbocycles. The van der Waals surface area contributed by atoms with E-state index in [2.05, 4.69) is 4.72 Å². The molecule has 0 amide bonds. The lowest BCUT2D eigenvalue weighted by molar-refractivity contribution is -0.182. The Kier molecular flexibility index (Phi) is 4.57. The Morgan fingerprint density at radius 2 is 1.52 bits per heavy atom. The molecule has 2 rings (SSSR count). The van der Waals surface area contributed by atoms with E-state index in [4.69, 9.17) is 0 Å². The molecule has 0 radical (unpaired) electrons. The summed E-state index contributed by atoms with van der Waals surface area (Å²) in [5.74, 6) is -1.91. The Labute approximate surface area is 120 Å². The van der Waals surface area contributed by atoms with E-state index in [9.17, 15) is 26.0 Å². The molecule has 21 heavy (non-hydrogen) atoms. The van der Waals surface area contributed by atoms with E-state index in [1.165, 1.54) is 0 Å². The van der Waals surface area contributed by atoms with Crippen molar-refractivity contribution in [3.8, 4) is 0 Å². The molecule has 0 bridgehead atoms. The molecule has 1 aromatic rings. The van der Waals surface area contributed by atoms with Crippen molar-refractivity contribution < 1.29 is 26.0 Å². The molecule has 118 valence electrons. The van der Waals surface area contributed by atoms with Gasteiger partial charge in [0.15, 0.2) is 0 Å². The van der Waals surface area contributed by atoms with Crippen LogP contribution in [-0.2, 0) is 10.0 Å². The number of halogens is 4. The van der Waals surface area contributed by atoms with Crippen molar-refractivity contribution in [1.29, 1.82) is 0 Å². The van der Waals surface area contributed by atoms with Gasteiger partial charge in [-0.3, -0.25) is 0 Å². The maximum Gasteiger partial charge on any atom is 0.391 e. The molecule has 3 nitrogen and oxygen atoms in total. The standard InChI is InChI=1S/C13H15F4NO2S/c14-10-3-7-12(8-4-10)21(19,20)18-11-5-1-9(2-6-11)13(15,16)17/h3-4,7-9,11,18H,1-2,5-6H2. The van der Waals surface area contributed by atoms with Crippen molar-refractivity contribution in [2.75, 3.05) is 0 Å². The zero-order valence-electron chi connectivity index (χ0n) is 11.0. The average molecular weight is 325 g/mol. The van der Waals surface area contributed by atoms with Crippen LogP contribution in [-0.4, -0.2) is 20.6 Å². The highest BCUT2D eigenvalue weighted by molar-refractivity contribution is 7.89. The van der Waals surface area contributed by atoms with Gasteiger partial charge in [-0.25, -0.2) is 17.5 Å². The molecule has 0 spiro atoms. The summed E-state index contributed by atoms with van der Waals surface area (Å²) in [7, 11) is -3.83. The third kappa shape index (κ3) is 4.16. The molecule has 1 N–H and O–H groups in total. The van der Waals surface area contributed by atoms with Gasteiger partial charge in [-0.2, -0.15) is 13.2 Å². The van der Waals surface area contributed by atoms with Gasteiger partial charge in [0, 0.05) is 6.04 Å². The van der Waals surface area contributed by atoms with Gasteiger partial charge in [-0.15, -0.1) is 0 Å². The number of hydrogen-bond acceptors (Lipinski definition) is 2. The summed E-state index contributed by atoms with van der Waals surface area (Å²) in [5, 5.41) is 0. The van der Waals surface area contributed by atoms with E-state index < -0.39 is 34.0 Å². The molecule has 8 heteroatoms. The van der Waals surface area contributed by atoms with Gasteiger partial charge < -0.3 is 0 Å². The van der Waals surface area contributed by atoms with Crippen molar-refractivity contribution in [3.05, 3.63) is 30.1 Å². The zero-order chi connectivity index (χ0) is 15.7. The third-order valence-corrected chi connectivity index (χ3v) is 5.17. The highest BCUT2D eigenvalue weighted by Crippen LogP contribution is 2.37. The van der Waals surface area contributed by atoms with Crippen LogP contribution >= 0.6 is 0 Å². The summed E-state index contributed by atoms with van der Waals surface area (Å²) < 4.78 is 76.8. The summed E-state index contributed by atoms with van der Waals surface area (Å²) in [4.78, 5) is -0.0955. The quantitative estimate of drug-likeness (QED) is 0.867. The minimum Gasteiger partial charge on any atom is -0.208 e. The van der Waals surface area contributed by atoms with E-state index >= 15 is 0 Å². The first kappa shape index (κ1) is 16.2. The lowest BCUT2D eigenvalue weighted by Crippen LogP contribution is -2.39. The molecule has 0 aliphatic heterocycles. The van der Waals surface area contributed by atoms with Crippen molar-refractivity contribution in [2.24, 2.45) is 5.92 Å². The number of hydrogen-bond donors (Lipinski definition) is 1. The third-order valence-electron chi connectivity index (χ3n) is 3.64. The second-order valence-electron chi connectivity index (χ2n) is 5.17. The largest absolute Gasteiger partial charge is 0.391 e.